The van der Waals surface area contributed by atoms with Crippen molar-refractivity contribution >= 4 is 29.9 Å². The summed E-state index contributed by atoms with van der Waals surface area (Å²) in [5, 5.41) is 11.2. The molecule has 2 N–H and O–H groups in total. The summed E-state index contributed by atoms with van der Waals surface area (Å²) >= 11 is 0. The van der Waals surface area contributed by atoms with Gasteiger partial charge in [0.05, 0.1) is 6.61 Å². The largest absolute Gasteiger partial charge is 0.493 e. The van der Waals surface area contributed by atoms with Crippen molar-refractivity contribution in [3.05, 3.63) is 46.1 Å². The van der Waals surface area contributed by atoms with Gasteiger partial charge in [0, 0.05) is 45.2 Å². The lowest BCUT2D eigenvalue weighted by atomic mass is 10.2. The number of aliphatic imine (C=N–C) groups is 1. The van der Waals surface area contributed by atoms with Crippen LogP contribution in [0.2, 0.25) is 0 Å². The Hall–Kier alpha value is -2.04. The van der Waals surface area contributed by atoms with Crippen molar-refractivity contribution in [3.63, 3.8) is 0 Å². The van der Waals surface area contributed by atoms with Crippen LogP contribution < -0.4 is 21.1 Å². The number of nitrogens with zero attached hydrogens (tertiary/aromatic N) is 4. The molecule has 0 unspecified atom stereocenters. The van der Waals surface area contributed by atoms with Gasteiger partial charge in [-0.3, -0.25) is 9.56 Å². The lowest BCUT2D eigenvalue weighted by molar-refractivity contribution is 0.296. The third-order valence-electron chi connectivity index (χ3n) is 5.68. The van der Waals surface area contributed by atoms with Crippen LogP contribution in [0.3, 0.4) is 0 Å². The van der Waals surface area contributed by atoms with E-state index in [0.29, 0.717) is 19.6 Å². The van der Waals surface area contributed by atoms with E-state index in [-0.39, 0.29) is 29.7 Å². The van der Waals surface area contributed by atoms with Gasteiger partial charge in [0.15, 0.2) is 5.96 Å². The van der Waals surface area contributed by atoms with Gasteiger partial charge >= 0.3 is 5.69 Å². The van der Waals surface area contributed by atoms with Gasteiger partial charge in [0.2, 0.25) is 0 Å². The second kappa shape index (κ2) is 11.5. The molecule has 0 radical (unpaired) electrons. The Kier molecular flexibility index (Phi) is 8.79. The minimum atomic E-state index is 0. The second-order valence-corrected chi connectivity index (χ2v) is 8.10. The second-order valence-electron chi connectivity index (χ2n) is 8.10. The van der Waals surface area contributed by atoms with E-state index < -0.39 is 0 Å². The summed E-state index contributed by atoms with van der Waals surface area (Å²) < 4.78 is 9.40. The molecular weight excluding hydrogens is 507 g/mol. The number of nitrogens with one attached hydrogen (secondary N) is 2. The number of hydrogen-bond acceptors (Lipinski definition) is 4. The summed E-state index contributed by atoms with van der Waals surface area (Å²) in [7, 11) is 1.76. The zero-order valence-corrected chi connectivity index (χ0v) is 20.5. The van der Waals surface area contributed by atoms with E-state index in [0.717, 1.165) is 67.8 Å². The monoisotopic (exact) mass is 540 g/mol. The summed E-state index contributed by atoms with van der Waals surface area (Å²) in [5.41, 5.74) is 1.14. The smallest absolute Gasteiger partial charge is 0.345 e. The fourth-order valence-electron chi connectivity index (χ4n) is 3.71. The Bertz CT molecular complexity index is 934. The first-order valence-corrected chi connectivity index (χ1v) is 11.1. The Labute approximate surface area is 200 Å². The van der Waals surface area contributed by atoms with Gasteiger partial charge in [0.1, 0.15) is 11.6 Å². The number of fused-ring (bicyclic) bond motifs is 1. The van der Waals surface area contributed by atoms with Gasteiger partial charge in [-0.25, -0.2) is 9.48 Å². The maximum Gasteiger partial charge on any atom is 0.345 e. The third kappa shape index (κ3) is 6.47. The van der Waals surface area contributed by atoms with Crippen LogP contribution in [0.25, 0.3) is 0 Å². The highest BCUT2D eigenvalue weighted by Crippen LogP contribution is 2.30. The molecule has 9 heteroatoms. The normalized spacial score (nSPS) is 15.7. The molecule has 0 atom stereocenters. The molecule has 1 aliphatic carbocycles. The van der Waals surface area contributed by atoms with Gasteiger partial charge < -0.3 is 15.4 Å². The number of halogens is 1. The predicted octanol–water partition coefficient (Wildman–Crippen LogP) is 2.54. The van der Waals surface area contributed by atoms with E-state index in [1.54, 1.807) is 11.7 Å². The number of aryl methyl sites for hydroxylation is 2. The Balaban J connectivity index is 0.00000272. The molecule has 1 fully saturated rings. The molecule has 8 nitrogen and oxygen atoms in total. The molecule has 1 aromatic carbocycles. The van der Waals surface area contributed by atoms with Crippen LogP contribution in [-0.4, -0.2) is 40.5 Å². The topological polar surface area (TPSA) is 85.5 Å². The predicted molar refractivity (Wildman–Crippen MR) is 132 cm³/mol. The van der Waals surface area contributed by atoms with Crippen molar-refractivity contribution in [3.8, 4) is 5.75 Å². The van der Waals surface area contributed by atoms with Crippen molar-refractivity contribution < 1.29 is 4.74 Å². The number of aromatic nitrogens is 3. The van der Waals surface area contributed by atoms with E-state index in [4.69, 9.17) is 4.74 Å². The molecule has 4 rings (SSSR count). The number of ether oxygens (including phenoxy) is 1. The van der Waals surface area contributed by atoms with Gasteiger partial charge in [-0.1, -0.05) is 18.2 Å². The highest BCUT2D eigenvalue weighted by molar-refractivity contribution is 14.0. The van der Waals surface area contributed by atoms with Crippen molar-refractivity contribution in [1.82, 2.24) is 25.0 Å². The highest BCUT2D eigenvalue weighted by Gasteiger charge is 2.22. The lowest BCUT2D eigenvalue weighted by Crippen LogP contribution is -2.38. The number of rotatable bonds is 9. The van der Waals surface area contributed by atoms with Gasteiger partial charge in [-0.15, -0.1) is 24.0 Å². The molecular formula is C22H33IN6O2. The zero-order chi connectivity index (χ0) is 20.8. The Morgan fingerprint density at radius 2 is 2.10 bits per heavy atom. The summed E-state index contributed by atoms with van der Waals surface area (Å²) in [5.74, 6) is 3.34. The van der Waals surface area contributed by atoms with Crippen LogP contribution in [0.5, 0.6) is 5.75 Å². The molecule has 0 amide bonds. The van der Waals surface area contributed by atoms with Crippen LogP contribution in [0.4, 0.5) is 0 Å². The minimum absolute atomic E-state index is 0. The molecule has 1 aliphatic heterocycles. The average molecular weight is 540 g/mol. The zero-order valence-electron chi connectivity index (χ0n) is 18.2. The summed E-state index contributed by atoms with van der Waals surface area (Å²) in [6, 6.07) is 8.14. The van der Waals surface area contributed by atoms with Crippen molar-refractivity contribution in [1.29, 1.82) is 0 Å². The average Bonchev–Trinajstić information content (AvgIpc) is 3.56. The van der Waals surface area contributed by atoms with E-state index in [1.807, 2.05) is 22.8 Å². The molecule has 2 aliphatic rings. The molecule has 170 valence electrons. The molecule has 0 saturated heterocycles. The molecule has 0 bridgehead atoms. The summed E-state index contributed by atoms with van der Waals surface area (Å²) in [6.45, 7) is 3.58. The molecule has 1 aromatic heterocycles. The van der Waals surface area contributed by atoms with Crippen LogP contribution >= 0.6 is 24.0 Å². The maximum atomic E-state index is 12.4. The van der Waals surface area contributed by atoms with E-state index in [9.17, 15) is 4.79 Å². The number of para-hydroxylation sites is 1. The van der Waals surface area contributed by atoms with Crippen LogP contribution in [0.1, 0.15) is 43.5 Å². The van der Waals surface area contributed by atoms with Crippen LogP contribution in [0.15, 0.2) is 34.1 Å². The van der Waals surface area contributed by atoms with Crippen LogP contribution in [0, 0.1) is 5.92 Å². The van der Waals surface area contributed by atoms with Crippen molar-refractivity contribution in [2.24, 2.45) is 10.9 Å². The number of hydrogen-bond donors (Lipinski definition) is 2. The minimum Gasteiger partial charge on any atom is -0.493 e. The summed E-state index contributed by atoms with van der Waals surface area (Å²) in [4.78, 5) is 16.7. The van der Waals surface area contributed by atoms with Gasteiger partial charge in [-0.2, -0.15) is 5.10 Å². The molecule has 1 saturated carbocycles. The SMILES string of the molecule is CN=C(NCCCn1nc2n(c1=O)CCCC2)NCc1ccccc1OCC1CC1.I. The fourth-order valence-corrected chi connectivity index (χ4v) is 3.71. The molecule has 31 heavy (non-hydrogen) atoms. The van der Waals surface area contributed by atoms with Gasteiger partial charge in [0.25, 0.3) is 0 Å². The summed E-state index contributed by atoms with van der Waals surface area (Å²) in [6.07, 6.45) is 6.46. The van der Waals surface area contributed by atoms with Crippen molar-refractivity contribution in [2.45, 2.75) is 58.2 Å². The van der Waals surface area contributed by atoms with Crippen molar-refractivity contribution in [2.75, 3.05) is 20.2 Å². The standard InChI is InChI=1S/C22H32N6O2.HI/c1-23-21(25-15-18-7-2-3-8-19(18)30-16-17-10-11-17)24-12-6-14-28-22(29)27-13-5-4-9-20(27)26-28;/h2-3,7-8,17H,4-6,9-16H2,1H3,(H2,23,24,25);1H. The fraction of sp³-hybridized carbons (Fsp3) is 0.591. The van der Waals surface area contributed by atoms with E-state index in [2.05, 4.69) is 26.8 Å². The number of guanidine groups is 1. The number of benzene rings is 1. The quantitative estimate of drug-likeness (QED) is 0.221. The lowest BCUT2D eigenvalue weighted by Gasteiger charge is -2.14. The maximum absolute atomic E-state index is 12.4. The first-order chi connectivity index (χ1) is 14.7. The first-order valence-electron chi connectivity index (χ1n) is 11.1. The highest BCUT2D eigenvalue weighted by atomic mass is 127. The Morgan fingerprint density at radius 3 is 2.87 bits per heavy atom. The van der Waals surface area contributed by atoms with E-state index >= 15 is 0 Å². The third-order valence-corrected chi connectivity index (χ3v) is 5.68. The van der Waals surface area contributed by atoms with Gasteiger partial charge in [-0.05, 0) is 44.1 Å². The Morgan fingerprint density at radius 1 is 1.26 bits per heavy atom. The molecule has 2 aromatic rings. The first kappa shape index (κ1) is 23.6. The van der Waals surface area contributed by atoms with E-state index in [1.165, 1.54) is 12.8 Å². The molecule has 2 heterocycles. The molecule has 0 spiro atoms. The van der Waals surface area contributed by atoms with Crippen LogP contribution in [-0.2, 0) is 26.1 Å².